The number of thioether (sulfide) groups is 1. The lowest BCUT2D eigenvalue weighted by Gasteiger charge is -2.16. The lowest BCUT2D eigenvalue weighted by atomic mass is 10.1. The Morgan fingerprint density at radius 1 is 0.977 bits per heavy atom. The maximum Gasteiger partial charge on any atom is 0.344 e. The van der Waals surface area contributed by atoms with Crippen molar-refractivity contribution < 1.29 is 28.9 Å². The Morgan fingerprint density at radius 2 is 1.73 bits per heavy atom. The minimum atomic E-state index is -0.784. The van der Waals surface area contributed by atoms with Crippen LogP contribution in [0.25, 0.3) is 16.8 Å². The fourth-order valence-electron chi connectivity index (χ4n) is 4.57. The topological polar surface area (TPSA) is 94.4 Å². The number of benzene rings is 4. The number of aliphatic hydroxyl groups excluding tert-OH is 1. The second-order valence-corrected chi connectivity index (χ2v) is 12.0. The minimum absolute atomic E-state index is 0.0203. The normalized spacial score (nSPS) is 14.8. The Kier molecular flexibility index (Phi) is 10.3. The van der Waals surface area contributed by atoms with Gasteiger partial charge in [0.2, 0.25) is 0 Å². The minimum Gasteiger partial charge on any atom is -0.506 e. The molecule has 0 fully saturated rings. The van der Waals surface area contributed by atoms with Gasteiger partial charge in [-0.25, -0.2) is 9.79 Å². The van der Waals surface area contributed by atoms with Crippen LogP contribution in [0.15, 0.2) is 100 Å². The summed E-state index contributed by atoms with van der Waals surface area (Å²) in [4.78, 5) is 30.2. The summed E-state index contributed by atoms with van der Waals surface area (Å²) in [6, 6.07) is 24.4. The molecular formula is C34H27ClINO6S. The number of halogens is 2. The number of fused-ring (bicyclic) bond motifs is 1. The number of aliphatic hydroxyl groups is 1. The Hall–Kier alpha value is -3.80. The third-order valence-electron chi connectivity index (χ3n) is 6.56. The first kappa shape index (κ1) is 31.6. The van der Waals surface area contributed by atoms with E-state index < -0.39 is 11.9 Å². The van der Waals surface area contributed by atoms with E-state index in [1.54, 1.807) is 43.3 Å². The van der Waals surface area contributed by atoms with Crippen molar-refractivity contribution in [3.63, 3.8) is 0 Å². The zero-order valence-corrected chi connectivity index (χ0v) is 27.5. The lowest BCUT2D eigenvalue weighted by Crippen LogP contribution is -2.14. The van der Waals surface area contributed by atoms with Gasteiger partial charge in [-0.2, -0.15) is 0 Å². The van der Waals surface area contributed by atoms with Crippen molar-refractivity contribution in [2.24, 2.45) is 4.99 Å². The fraction of sp³-hybridized carbons (Fsp3) is 0.147. The average molecular weight is 740 g/mol. The van der Waals surface area contributed by atoms with Crippen LogP contribution in [-0.4, -0.2) is 35.2 Å². The molecular weight excluding hydrogens is 713 g/mol. The summed E-state index contributed by atoms with van der Waals surface area (Å²) in [5, 5.41) is 13.6. The highest BCUT2D eigenvalue weighted by Gasteiger charge is 2.34. The number of hydrogen-bond acceptors (Lipinski definition) is 7. The number of carbonyl (C=O) groups is 2. The van der Waals surface area contributed by atoms with Crippen molar-refractivity contribution in [1.82, 2.24) is 0 Å². The molecule has 4 aromatic rings. The van der Waals surface area contributed by atoms with Crippen molar-refractivity contribution in [3.05, 3.63) is 120 Å². The summed E-state index contributed by atoms with van der Waals surface area (Å²) >= 11 is 9.36. The zero-order valence-electron chi connectivity index (χ0n) is 23.8. The van der Waals surface area contributed by atoms with E-state index in [9.17, 15) is 14.7 Å². The number of nitrogens with zero attached hydrogens (tertiary/aromatic N) is 1. The van der Waals surface area contributed by atoms with Crippen LogP contribution in [0.1, 0.15) is 35.3 Å². The molecule has 0 unspecified atom stereocenters. The number of aliphatic imine (C=N–C) groups is 1. The van der Waals surface area contributed by atoms with Crippen molar-refractivity contribution in [2.75, 3.05) is 13.2 Å². The van der Waals surface area contributed by atoms with E-state index in [1.807, 2.05) is 37.3 Å². The van der Waals surface area contributed by atoms with Crippen LogP contribution in [0.4, 0.5) is 0 Å². The molecule has 1 N–H and O–H groups in total. The molecule has 0 radical (unpaired) electrons. The number of ether oxygens (including phenoxy) is 3. The van der Waals surface area contributed by atoms with Gasteiger partial charge in [0.25, 0.3) is 5.91 Å². The predicted octanol–water partition coefficient (Wildman–Crippen LogP) is 8.78. The van der Waals surface area contributed by atoms with Gasteiger partial charge in [-0.1, -0.05) is 78.0 Å². The second-order valence-electron chi connectivity index (χ2n) is 9.45. The highest BCUT2D eigenvalue weighted by Crippen LogP contribution is 2.41. The van der Waals surface area contributed by atoms with Crippen LogP contribution in [0.2, 0.25) is 5.02 Å². The number of rotatable bonds is 9. The number of hydrogen-bond donors (Lipinski definition) is 1. The molecule has 0 saturated carbocycles. The summed E-state index contributed by atoms with van der Waals surface area (Å²) in [6.45, 7) is 4.38. The van der Waals surface area contributed by atoms with E-state index in [2.05, 4.69) is 45.8 Å². The smallest absolute Gasteiger partial charge is 0.344 e. The molecule has 5 rings (SSSR count). The Balaban J connectivity index is 1.47. The first-order chi connectivity index (χ1) is 21.3. The summed E-state index contributed by atoms with van der Waals surface area (Å²) in [5.41, 5.74) is 1.73. The number of amides is 1. The first-order valence-electron chi connectivity index (χ1n) is 13.7. The van der Waals surface area contributed by atoms with E-state index in [4.69, 9.17) is 25.8 Å². The second kappa shape index (κ2) is 14.3. The van der Waals surface area contributed by atoms with E-state index >= 15 is 0 Å². The van der Waals surface area contributed by atoms with Gasteiger partial charge in [-0.3, -0.25) is 4.79 Å². The predicted molar refractivity (Wildman–Crippen MR) is 184 cm³/mol. The molecule has 10 heteroatoms. The Morgan fingerprint density at radius 3 is 2.50 bits per heavy atom. The molecule has 0 saturated heterocycles. The van der Waals surface area contributed by atoms with Gasteiger partial charge < -0.3 is 19.3 Å². The SMILES string of the molecule is CCOC(=O)C1=C(O)/C(=C/c2cc(I)c(OCc3cccc4ccccc34)c(OCC)c2)SC1=NC(=O)c1ccccc1Cl. The first-order valence-corrected chi connectivity index (χ1v) is 16.0. The van der Waals surface area contributed by atoms with Crippen LogP contribution in [-0.2, 0) is 16.1 Å². The Labute approximate surface area is 277 Å². The molecule has 0 atom stereocenters. The number of esters is 1. The summed E-state index contributed by atoms with van der Waals surface area (Å²) in [7, 11) is 0. The van der Waals surface area contributed by atoms with Crippen LogP contribution in [0.5, 0.6) is 11.5 Å². The van der Waals surface area contributed by atoms with Crippen molar-refractivity contribution in [2.45, 2.75) is 20.5 Å². The highest BCUT2D eigenvalue weighted by atomic mass is 127. The molecule has 0 bridgehead atoms. The molecule has 7 nitrogen and oxygen atoms in total. The molecule has 4 aromatic carbocycles. The van der Waals surface area contributed by atoms with Gasteiger partial charge in [0.05, 0.1) is 32.3 Å². The van der Waals surface area contributed by atoms with Crippen LogP contribution in [0.3, 0.4) is 0 Å². The van der Waals surface area contributed by atoms with E-state index in [0.717, 1.165) is 31.7 Å². The molecule has 44 heavy (non-hydrogen) atoms. The fourth-order valence-corrected chi connectivity index (χ4v) is 6.58. The van der Waals surface area contributed by atoms with Gasteiger partial charge in [-0.05, 0) is 88.7 Å². The van der Waals surface area contributed by atoms with Gasteiger partial charge in [0, 0.05) is 0 Å². The van der Waals surface area contributed by atoms with E-state index in [-0.39, 0.29) is 33.6 Å². The van der Waals surface area contributed by atoms with Crippen LogP contribution in [0, 0.1) is 3.57 Å². The van der Waals surface area contributed by atoms with Crippen molar-refractivity contribution >= 4 is 79.7 Å². The van der Waals surface area contributed by atoms with E-state index in [1.165, 1.54) is 0 Å². The number of carbonyl (C=O) groups excluding carboxylic acids is 2. The summed E-state index contributed by atoms with van der Waals surface area (Å²) in [6.07, 6.45) is 1.70. The molecule has 0 aromatic heterocycles. The monoisotopic (exact) mass is 739 g/mol. The third kappa shape index (κ3) is 6.95. The standard InChI is InChI=1S/C34H27ClINO6S/c1-3-41-27-17-20(16-26(36)31(27)43-19-22-12-9-11-21-10-5-6-13-23(21)22)18-28-30(38)29(34(40)42-4-2)33(44-28)37-32(39)24-14-7-8-15-25(24)35/h5-18,38H,3-4,19H2,1-2H3/b28-18-,37-33?. The molecule has 1 aliphatic rings. The average Bonchev–Trinajstić information content (AvgIpc) is 3.30. The van der Waals surface area contributed by atoms with Gasteiger partial charge >= 0.3 is 5.97 Å². The van der Waals surface area contributed by atoms with E-state index in [0.29, 0.717) is 35.2 Å². The van der Waals surface area contributed by atoms with Gasteiger partial charge in [0.15, 0.2) is 11.5 Å². The molecule has 1 heterocycles. The van der Waals surface area contributed by atoms with Gasteiger partial charge in [-0.15, -0.1) is 0 Å². The quantitative estimate of drug-likeness (QED) is 0.136. The third-order valence-corrected chi connectivity index (χ3v) is 8.71. The zero-order chi connectivity index (χ0) is 31.2. The Bertz CT molecular complexity index is 1850. The van der Waals surface area contributed by atoms with Crippen molar-refractivity contribution in [1.29, 1.82) is 0 Å². The summed E-state index contributed by atoms with van der Waals surface area (Å²) < 4.78 is 18.2. The summed E-state index contributed by atoms with van der Waals surface area (Å²) in [5.74, 6) is -0.626. The molecule has 0 aliphatic carbocycles. The van der Waals surface area contributed by atoms with Crippen LogP contribution >= 0.6 is 46.0 Å². The molecule has 224 valence electrons. The molecule has 1 aliphatic heterocycles. The maximum absolute atomic E-state index is 13.0. The molecule has 0 spiro atoms. The highest BCUT2D eigenvalue weighted by molar-refractivity contribution is 14.1. The largest absolute Gasteiger partial charge is 0.506 e. The van der Waals surface area contributed by atoms with Crippen LogP contribution < -0.4 is 9.47 Å². The van der Waals surface area contributed by atoms with Gasteiger partial charge in [0.1, 0.15) is 23.0 Å². The van der Waals surface area contributed by atoms with Crippen molar-refractivity contribution in [3.8, 4) is 11.5 Å². The molecule has 1 amide bonds. The maximum atomic E-state index is 13.0. The lowest BCUT2D eigenvalue weighted by molar-refractivity contribution is -0.138.